The molecule has 8 heteroatoms. The summed E-state index contributed by atoms with van der Waals surface area (Å²) in [6.45, 7) is 4.01. The third-order valence-electron chi connectivity index (χ3n) is 2.47. The summed E-state index contributed by atoms with van der Waals surface area (Å²) in [5.74, 6) is 6.71. The molecule has 5 N–H and O–H groups in total. The van der Waals surface area contributed by atoms with Gasteiger partial charge in [-0.15, -0.1) is 0 Å². The van der Waals surface area contributed by atoms with Crippen molar-refractivity contribution in [1.82, 2.24) is 15.0 Å². The lowest BCUT2D eigenvalue weighted by molar-refractivity contribution is 0.248. The lowest BCUT2D eigenvalue weighted by Gasteiger charge is -2.21. The largest absolute Gasteiger partial charge is 0.394 e. The molecule has 0 radical (unpaired) electrons. The highest BCUT2D eigenvalue weighted by molar-refractivity contribution is 5.42. The molecule has 18 heavy (non-hydrogen) atoms. The van der Waals surface area contributed by atoms with Gasteiger partial charge in [-0.1, -0.05) is 13.8 Å². The standard InChI is InChI=1S/C10H21N7O/c1-6(2)7(5-18)12-8-13-9(16-11)15-10(14-8)17(3)4/h6-7,18H,5,11H2,1-4H3,(H2,12,13,14,15,16). The SMILES string of the molecule is CC(C)C(CO)Nc1nc(NN)nc(N(C)C)n1. The van der Waals surface area contributed by atoms with Crippen molar-refractivity contribution in [2.75, 3.05) is 36.3 Å². The van der Waals surface area contributed by atoms with E-state index in [2.05, 4.69) is 25.7 Å². The number of nitrogens with zero attached hydrogens (tertiary/aromatic N) is 4. The number of hydrazine groups is 1. The zero-order chi connectivity index (χ0) is 13.7. The molecule has 0 aliphatic carbocycles. The van der Waals surface area contributed by atoms with E-state index in [-0.39, 0.29) is 24.5 Å². The predicted molar refractivity (Wildman–Crippen MR) is 71.3 cm³/mol. The summed E-state index contributed by atoms with van der Waals surface area (Å²) >= 11 is 0. The Labute approximate surface area is 107 Å². The second-order valence-electron chi connectivity index (χ2n) is 4.50. The molecule has 0 bridgehead atoms. The van der Waals surface area contributed by atoms with Gasteiger partial charge in [0.25, 0.3) is 0 Å². The Balaban J connectivity index is 2.97. The molecule has 0 amide bonds. The Morgan fingerprint density at radius 2 is 1.83 bits per heavy atom. The highest BCUT2D eigenvalue weighted by Gasteiger charge is 2.15. The molecular formula is C10H21N7O. The number of nitrogen functional groups attached to an aromatic ring is 1. The van der Waals surface area contributed by atoms with Gasteiger partial charge in [0, 0.05) is 14.1 Å². The quantitative estimate of drug-likeness (QED) is 0.403. The van der Waals surface area contributed by atoms with E-state index in [9.17, 15) is 5.11 Å². The minimum Gasteiger partial charge on any atom is -0.394 e. The lowest BCUT2D eigenvalue weighted by atomic mass is 10.1. The third kappa shape index (κ3) is 3.67. The third-order valence-corrected chi connectivity index (χ3v) is 2.47. The maximum atomic E-state index is 9.28. The molecule has 1 atom stereocenters. The minimum atomic E-state index is -0.118. The molecule has 0 fully saturated rings. The van der Waals surface area contributed by atoms with Crippen LogP contribution in [0.4, 0.5) is 17.8 Å². The van der Waals surface area contributed by atoms with E-state index in [4.69, 9.17) is 5.84 Å². The first-order valence-corrected chi connectivity index (χ1v) is 5.75. The van der Waals surface area contributed by atoms with Gasteiger partial charge < -0.3 is 15.3 Å². The first-order chi connectivity index (χ1) is 8.47. The van der Waals surface area contributed by atoms with Crippen molar-refractivity contribution < 1.29 is 5.11 Å². The van der Waals surface area contributed by atoms with Crippen LogP contribution in [0.25, 0.3) is 0 Å². The van der Waals surface area contributed by atoms with Crippen LogP contribution in [0.1, 0.15) is 13.8 Å². The fourth-order valence-corrected chi connectivity index (χ4v) is 1.28. The molecule has 1 aromatic rings. The van der Waals surface area contributed by atoms with Crippen molar-refractivity contribution >= 4 is 17.8 Å². The van der Waals surface area contributed by atoms with E-state index in [0.29, 0.717) is 11.9 Å². The van der Waals surface area contributed by atoms with Crippen LogP contribution in [-0.2, 0) is 0 Å². The van der Waals surface area contributed by atoms with Crippen LogP contribution in [0.3, 0.4) is 0 Å². The molecule has 0 aromatic carbocycles. The van der Waals surface area contributed by atoms with Crippen LogP contribution in [0.2, 0.25) is 0 Å². The van der Waals surface area contributed by atoms with Crippen molar-refractivity contribution in [2.45, 2.75) is 19.9 Å². The molecular weight excluding hydrogens is 234 g/mol. The number of nitrogens with two attached hydrogens (primary N) is 1. The number of nitrogens with one attached hydrogen (secondary N) is 2. The van der Waals surface area contributed by atoms with Gasteiger partial charge in [0.15, 0.2) is 0 Å². The Morgan fingerprint density at radius 3 is 2.28 bits per heavy atom. The molecule has 1 unspecified atom stereocenters. The molecule has 0 aliphatic rings. The molecule has 0 saturated heterocycles. The zero-order valence-electron chi connectivity index (χ0n) is 11.2. The van der Waals surface area contributed by atoms with Crippen LogP contribution < -0.4 is 21.5 Å². The summed E-state index contributed by atoms with van der Waals surface area (Å²) in [4.78, 5) is 14.2. The highest BCUT2D eigenvalue weighted by atomic mass is 16.3. The van der Waals surface area contributed by atoms with E-state index in [1.807, 2.05) is 27.9 Å². The summed E-state index contributed by atoms with van der Waals surface area (Å²) < 4.78 is 0. The second kappa shape index (κ2) is 6.31. The molecule has 0 spiro atoms. The molecule has 102 valence electrons. The van der Waals surface area contributed by atoms with Crippen LogP contribution in [0.5, 0.6) is 0 Å². The first kappa shape index (κ1) is 14.4. The number of hydrogen-bond acceptors (Lipinski definition) is 8. The number of hydrogen-bond donors (Lipinski definition) is 4. The fourth-order valence-electron chi connectivity index (χ4n) is 1.28. The van der Waals surface area contributed by atoms with Gasteiger partial charge in [0.1, 0.15) is 0 Å². The highest BCUT2D eigenvalue weighted by Crippen LogP contribution is 2.13. The van der Waals surface area contributed by atoms with Crippen LogP contribution >= 0.6 is 0 Å². The summed E-state index contributed by atoms with van der Waals surface area (Å²) in [5.41, 5.74) is 2.39. The van der Waals surface area contributed by atoms with E-state index < -0.39 is 0 Å². The number of aliphatic hydroxyl groups excluding tert-OH is 1. The van der Waals surface area contributed by atoms with Crippen LogP contribution in [-0.4, -0.2) is 46.8 Å². The van der Waals surface area contributed by atoms with E-state index >= 15 is 0 Å². The minimum absolute atomic E-state index is 0.00599. The fraction of sp³-hybridized carbons (Fsp3) is 0.700. The lowest BCUT2D eigenvalue weighted by Crippen LogP contribution is -2.31. The zero-order valence-corrected chi connectivity index (χ0v) is 11.2. The predicted octanol–water partition coefficient (Wildman–Crippen LogP) is -0.348. The smallest absolute Gasteiger partial charge is 0.243 e. The molecule has 1 aromatic heterocycles. The summed E-state index contributed by atoms with van der Waals surface area (Å²) in [5, 5.41) is 12.3. The van der Waals surface area contributed by atoms with Crippen molar-refractivity contribution in [1.29, 1.82) is 0 Å². The van der Waals surface area contributed by atoms with Crippen LogP contribution in [0, 0.1) is 5.92 Å². The Kier molecular flexibility index (Phi) is 5.05. The van der Waals surface area contributed by atoms with Crippen LogP contribution in [0.15, 0.2) is 0 Å². The molecule has 1 heterocycles. The maximum Gasteiger partial charge on any atom is 0.243 e. The van der Waals surface area contributed by atoms with Gasteiger partial charge in [-0.05, 0) is 5.92 Å². The summed E-state index contributed by atoms with van der Waals surface area (Å²) in [6, 6.07) is -0.118. The number of aromatic nitrogens is 3. The van der Waals surface area contributed by atoms with Crippen molar-refractivity contribution in [3.8, 4) is 0 Å². The Morgan fingerprint density at radius 1 is 1.22 bits per heavy atom. The van der Waals surface area contributed by atoms with Gasteiger partial charge in [-0.3, -0.25) is 5.43 Å². The topological polar surface area (TPSA) is 112 Å². The van der Waals surface area contributed by atoms with Crippen molar-refractivity contribution in [3.63, 3.8) is 0 Å². The second-order valence-corrected chi connectivity index (χ2v) is 4.50. The Bertz CT molecular complexity index is 382. The molecule has 0 saturated carbocycles. The van der Waals surface area contributed by atoms with Gasteiger partial charge >= 0.3 is 0 Å². The molecule has 8 nitrogen and oxygen atoms in total. The average Bonchev–Trinajstić information content (AvgIpc) is 2.34. The monoisotopic (exact) mass is 255 g/mol. The van der Waals surface area contributed by atoms with Gasteiger partial charge in [-0.25, -0.2) is 5.84 Å². The first-order valence-electron chi connectivity index (χ1n) is 5.75. The maximum absolute atomic E-state index is 9.28. The number of anilines is 3. The van der Waals surface area contributed by atoms with E-state index in [0.717, 1.165) is 0 Å². The molecule has 0 aliphatic heterocycles. The van der Waals surface area contributed by atoms with E-state index in [1.165, 1.54) is 0 Å². The number of rotatable bonds is 6. The normalized spacial score (nSPS) is 12.4. The molecule has 1 rings (SSSR count). The summed E-state index contributed by atoms with van der Waals surface area (Å²) in [7, 11) is 3.65. The number of aliphatic hydroxyl groups is 1. The average molecular weight is 255 g/mol. The van der Waals surface area contributed by atoms with Gasteiger partial charge in [-0.2, -0.15) is 15.0 Å². The van der Waals surface area contributed by atoms with E-state index in [1.54, 1.807) is 4.90 Å². The van der Waals surface area contributed by atoms with Crippen molar-refractivity contribution in [3.05, 3.63) is 0 Å². The summed E-state index contributed by atoms with van der Waals surface area (Å²) in [6.07, 6.45) is 0. The van der Waals surface area contributed by atoms with Gasteiger partial charge in [0.05, 0.1) is 12.6 Å². The Hall–Kier alpha value is -1.67. The van der Waals surface area contributed by atoms with Gasteiger partial charge in [0.2, 0.25) is 17.8 Å². The van der Waals surface area contributed by atoms with Crippen molar-refractivity contribution in [2.24, 2.45) is 11.8 Å².